The highest BCUT2D eigenvalue weighted by atomic mass is 16.6. The topological polar surface area (TPSA) is 43.4 Å². The maximum absolute atomic E-state index is 12.0. The van der Waals surface area contributed by atoms with Crippen molar-refractivity contribution in [2.24, 2.45) is 10.8 Å². The van der Waals surface area contributed by atoms with Gasteiger partial charge in [-0.05, 0) is 31.4 Å². The maximum atomic E-state index is 12.0. The summed E-state index contributed by atoms with van der Waals surface area (Å²) in [4.78, 5) is 23.5. The van der Waals surface area contributed by atoms with E-state index in [1.54, 1.807) is 13.0 Å². The quantitative estimate of drug-likeness (QED) is 0.577. The minimum absolute atomic E-state index is 0.0450. The number of carbonyl (C=O) groups is 2. The number of esters is 1. The fourth-order valence-electron chi connectivity index (χ4n) is 2.70. The molecule has 0 aromatic heterocycles. The molecule has 0 amide bonds. The minimum Gasteiger partial charge on any atom is -0.461 e. The summed E-state index contributed by atoms with van der Waals surface area (Å²) >= 11 is 0. The standard InChI is InChI=1S/C16H22O3/c1-11(2)12(17)6-9-15(3,4)13-10-16(7-5-8-16)14(18)19-13/h6,9,13H,1,5,7-8,10H2,2-4H3/b9-6+/t13-/m0/s1. The van der Waals surface area contributed by atoms with Gasteiger partial charge in [0.2, 0.25) is 0 Å². The molecule has 1 saturated carbocycles. The molecule has 2 aliphatic rings. The molecule has 2 rings (SSSR count). The fraction of sp³-hybridized carbons (Fsp3) is 0.625. The first-order chi connectivity index (χ1) is 8.77. The van der Waals surface area contributed by atoms with Crippen LogP contribution >= 0.6 is 0 Å². The largest absolute Gasteiger partial charge is 0.461 e. The Kier molecular flexibility index (Phi) is 3.41. The molecule has 1 saturated heterocycles. The molecule has 1 spiro atoms. The van der Waals surface area contributed by atoms with Crippen molar-refractivity contribution in [1.29, 1.82) is 0 Å². The van der Waals surface area contributed by atoms with Gasteiger partial charge < -0.3 is 4.74 Å². The summed E-state index contributed by atoms with van der Waals surface area (Å²) < 4.78 is 5.55. The first-order valence-electron chi connectivity index (χ1n) is 6.87. The number of hydrogen-bond acceptors (Lipinski definition) is 3. The van der Waals surface area contributed by atoms with Crippen molar-refractivity contribution in [2.75, 3.05) is 0 Å². The summed E-state index contributed by atoms with van der Waals surface area (Å²) in [6.45, 7) is 9.33. The summed E-state index contributed by atoms with van der Waals surface area (Å²) in [6, 6.07) is 0. The molecule has 2 fully saturated rings. The van der Waals surface area contributed by atoms with Crippen molar-refractivity contribution in [3.8, 4) is 0 Å². The lowest BCUT2D eigenvalue weighted by Gasteiger charge is -2.34. The van der Waals surface area contributed by atoms with Crippen LogP contribution < -0.4 is 0 Å². The van der Waals surface area contributed by atoms with Crippen molar-refractivity contribution in [1.82, 2.24) is 0 Å². The Bertz CT molecular complexity index is 453. The van der Waals surface area contributed by atoms with Gasteiger partial charge in [-0.15, -0.1) is 0 Å². The van der Waals surface area contributed by atoms with Gasteiger partial charge in [0.25, 0.3) is 0 Å². The van der Waals surface area contributed by atoms with Crippen LogP contribution in [0, 0.1) is 10.8 Å². The van der Waals surface area contributed by atoms with Crippen LogP contribution in [0.2, 0.25) is 0 Å². The number of carbonyl (C=O) groups excluding carboxylic acids is 2. The van der Waals surface area contributed by atoms with Crippen LogP contribution in [0.1, 0.15) is 46.5 Å². The molecule has 0 bridgehead atoms. The molecule has 19 heavy (non-hydrogen) atoms. The van der Waals surface area contributed by atoms with E-state index in [9.17, 15) is 9.59 Å². The van der Waals surface area contributed by atoms with Gasteiger partial charge in [0.05, 0.1) is 5.41 Å². The molecule has 0 radical (unpaired) electrons. The summed E-state index contributed by atoms with van der Waals surface area (Å²) in [5, 5.41) is 0. The molecular formula is C16H22O3. The zero-order valence-corrected chi connectivity index (χ0v) is 12.0. The molecule has 0 aromatic carbocycles. The highest BCUT2D eigenvalue weighted by molar-refractivity contribution is 6.03. The van der Waals surface area contributed by atoms with Gasteiger partial charge in [0.1, 0.15) is 6.10 Å². The number of ketones is 1. The molecule has 3 nitrogen and oxygen atoms in total. The summed E-state index contributed by atoms with van der Waals surface area (Å²) in [6.07, 6.45) is 7.06. The summed E-state index contributed by atoms with van der Waals surface area (Å²) in [7, 11) is 0. The summed E-state index contributed by atoms with van der Waals surface area (Å²) in [5.41, 5.74) is -0.0144. The Hall–Kier alpha value is -1.38. The molecule has 0 unspecified atom stereocenters. The van der Waals surface area contributed by atoms with E-state index in [0.29, 0.717) is 5.57 Å². The van der Waals surface area contributed by atoms with Crippen LogP contribution in [0.3, 0.4) is 0 Å². The Morgan fingerprint density at radius 1 is 1.47 bits per heavy atom. The Balaban J connectivity index is 2.07. The van der Waals surface area contributed by atoms with E-state index in [4.69, 9.17) is 4.74 Å². The normalized spacial score (nSPS) is 25.4. The first-order valence-corrected chi connectivity index (χ1v) is 6.87. The monoisotopic (exact) mass is 262 g/mol. The molecule has 3 heteroatoms. The van der Waals surface area contributed by atoms with E-state index < -0.39 is 0 Å². The van der Waals surface area contributed by atoms with Crippen molar-refractivity contribution in [3.05, 3.63) is 24.3 Å². The van der Waals surface area contributed by atoms with E-state index in [1.807, 2.05) is 19.9 Å². The van der Waals surface area contributed by atoms with Gasteiger partial charge in [0.15, 0.2) is 5.78 Å². The molecule has 1 heterocycles. The number of hydrogen-bond donors (Lipinski definition) is 0. The highest BCUT2D eigenvalue weighted by Gasteiger charge is 2.55. The van der Waals surface area contributed by atoms with Gasteiger partial charge in [-0.1, -0.05) is 32.9 Å². The zero-order valence-electron chi connectivity index (χ0n) is 12.0. The lowest BCUT2D eigenvalue weighted by molar-refractivity contribution is -0.154. The Labute approximate surface area is 114 Å². The second-order valence-electron chi connectivity index (χ2n) is 6.53. The Morgan fingerprint density at radius 3 is 2.53 bits per heavy atom. The van der Waals surface area contributed by atoms with E-state index in [-0.39, 0.29) is 28.7 Å². The molecule has 0 N–H and O–H groups in total. The first kappa shape index (κ1) is 14.0. The molecule has 1 atom stereocenters. The van der Waals surface area contributed by atoms with Gasteiger partial charge in [-0.3, -0.25) is 9.59 Å². The molecular weight excluding hydrogens is 240 g/mol. The summed E-state index contributed by atoms with van der Waals surface area (Å²) in [5.74, 6) is -0.118. The number of rotatable bonds is 4. The van der Waals surface area contributed by atoms with Crippen LogP contribution in [0.25, 0.3) is 0 Å². The van der Waals surface area contributed by atoms with Gasteiger partial charge in [-0.25, -0.2) is 0 Å². The molecule has 1 aliphatic heterocycles. The van der Waals surface area contributed by atoms with Crippen molar-refractivity contribution < 1.29 is 14.3 Å². The third-order valence-corrected chi connectivity index (χ3v) is 4.48. The van der Waals surface area contributed by atoms with Crippen LogP contribution in [0.4, 0.5) is 0 Å². The predicted octanol–water partition coefficient (Wildman–Crippen LogP) is 3.20. The van der Waals surface area contributed by atoms with Crippen molar-refractivity contribution >= 4 is 11.8 Å². The van der Waals surface area contributed by atoms with Gasteiger partial charge in [0, 0.05) is 11.8 Å². The van der Waals surface area contributed by atoms with Gasteiger partial charge in [-0.2, -0.15) is 0 Å². The molecule has 0 aromatic rings. The van der Waals surface area contributed by atoms with Crippen LogP contribution in [0.5, 0.6) is 0 Å². The smallest absolute Gasteiger partial charge is 0.312 e. The second kappa shape index (κ2) is 4.62. The number of cyclic esters (lactones) is 1. The molecule has 1 aliphatic carbocycles. The fourth-order valence-corrected chi connectivity index (χ4v) is 2.70. The van der Waals surface area contributed by atoms with E-state index >= 15 is 0 Å². The number of allylic oxidation sites excluding steroid dienone is 2. The second-order valence-corrected chi connectivity index (χ2v) is 6.53. The van der Waals surface area contributed by atoms with Crippen LogP contribution in [0.15, 0.2) is 24.3 Å². The van der Waals surface area contributed by atoms with E-state index in [2.05, 4.69) is 6.58 Å². The highest BCUT2D eigenvalue weighted by Crippen LogP contribution is 2.53. The van der Waals surface area contributed by atoms with E-state index in [1.165, 1.54) is 0 Å². The minimum atomic E-state index is -0.320. The Morgan fingerprint density at radius 2 is 2.11 bits per heavy atom. The maximum Gasteiger partial charge on any atom is 0.312 e. The average Bonchev–Trinajstić information content (AvgIpc) is 2.64. The third-order valence-electron chi connectivity index (χ3n) is 4.48. The van der Waals surface area contributed by atoms with Crippen molar-refractivity contribution in [2.45, 2.75) is 52.6 Å². The predicted molar refractivity (Wildman–Crippen MR) is 73.5 cm³/mol. The number of ether oxygens (including phenoxy) is 1. The zero-order chi connectivity index (χ0) is 14.3. The molecule has 104 valence electrons. The van der Waals surface area contributed by atoms with Crippen molar-refractivity contribution in [3.63, 3.8) is 0 Å². The van der Waals surface area contributed by atoms with E-state index in [0.717, 1.165) is 25.7 Å². The average molecular weight is 262 g/mol. The lowest BCUT2D eigenvalue weighted by atomic mass is 9.65. The SMILES string of the molecule is C=C(C)C(=O)/C=C/C(C)(C)[C@@H]1CC2(CCC2)C(=O)O1. The van der Waals surface area contributed by atoms with Gasteiger partial charge >= 0.3 is 5.97 Å². The van der Waals surface area contributed by atoms with Crippen LogP contribution in [-0.2, 0) is 14.3 Å². The van der Waals surface area contributed by atoms with Crippen LogP contribution in [-0.4, -0.2) is 17.9 Å². The lowest BCUT2D eigenvalue weighted by Crippen LogP contribution is -2.34. The third kappa shape index (κ3) is 2.51.